The highest BCUT2D eigenvalue weighted by Crippen LogP contribution is 2.29. The maximum atomic E-state index is 5.98. The van der Waals surface area contributed by atoms with Gasteiger partial charge in [0.1, 0.15) is 11.5 Å². The smallest absolute Gasteiger partial charge is 0.134 e. The van der Waals surface area contributed by atoms with Crippen LogP contribution in [-0.2, 0) is 6.42 Å². The van der Waals surface area contributed by atoms with E-state index in [0.29, 0.717) is 10.0 Å². The number of hydrogen-bond acceptors (Lipinski definition) is 2. The van der Waals surface area contributed by atoms with E-state index >= 15 is 0 Å². The van der Waals surface area contributed by atoms with Crippen LogP contribution in [-0.4, -0.2) is 6.04 Å². The first kappa shape index (κ1) is 13.5. The molecule has 1 heterocycles. The molecule has 2 N–H and O–H groups in total. The van der Waals surface area contributed by atoms with Crippen LogP contribution in [0.1, 0.15) is 19.1 Å². The van der Waals surface area contributed by atoms with Gasteiger partial charge < -0.3 is 10.2 Å². The number of rotatable bonds is 4. The zero-order chi connectivity index (χ0) is 13.1. The fourth-order valence-corrected chi connectivity index (χ4v) is 1.99. The standard InChI is InChI=1S/C14H15Cl2NO/c1-2-10(17)8-11-4-6-14(18-11)9-3-5-12(15)13(16)7-9/h3-7,10H,2,8,17H2,1H3. The van der Waals surface area contributed by atoms with Crippen molar-refractivity contribution in [2.45, 2.75) is 25.8 Å². The molecule has 0 aliphatic rings. The average Bonchev–Trinajstić information content (AvgIpc) is 2.81. The molecule has 1 aromatic heterocycles. The first-order chi connectivity index (χ1) is 8.60. The lowest BCUT2D eigenvalue weighted by Crippen LogP contribution is -2.20. The second-order valence-corrected chi connectivity index (χ2v) is 5.08. The summed E-state index contributed by atoms with van der Waals surface area (Å²) in [5.41, 5.74) is 6.82. The number of furan rings is 1. The quantitative estimate of drug-likeness (QED) is 0.895. The molecule has 1 atom stereocenters. The molecule has 0 saturated heterocycles. The largest absolute Gasteiger partial charge is 0.461 e. The third kappa shape index (κ3) is 3.08. The second-order valence-electron chi connectivity index (χ2n) is 4.27. The summed E-state index contributed by atoms with van der Waals surface area (Å²) in [6, 6.07) is 9.46. The van der Waals surface area contributed by atoms with Crippen LogP contribution in [0.25, 0.3) is 11.3 Å². The Hall–Kier alpha value is -0.960. The first-order valence-corrected chi connectivity index (χ1v) is 6.65. The molecule has 0 bridgehead atoms. The molecule has 2 aromatic rings. The summed E-state index contributed by atoms with van der Waals surface area (Å²) in [6.07, 6.45) is 1.68. The highest BCUT2D eigenvalue weighted by atomic mass is 35.5. The van der Waals surface area contributed by atoms with Gasteiger partial charge in [0.2, 0.25) is 0 Å². The van der Waals surface area contributed by atoms with Crippen LogP contribution in [0.2, 0.25) is 10.0 Å². The minimum atomic E-state index is 0.137. The third-order valence-corrected chi connectivity index (χ3v) is 3.59. The van der Waals surface area contributed by atoms with Crippen molar-refractivity contribution in [2.75, 3.05) is 0 Å². The van der Waals surface area contributed by atoms with Crippen molar-refractivity contribution in [3.63, 3.8) is 0 Å². The molecule has 4 heteroatoms. The monoisotopic (exact) mass is 283 g/mol. The van der Waals surface area contributed by atoms with E-state index in [2.05, 4.69) is 6.92 Å². The minimum Gasteiger partial charge on any atom is -0.461 e. The van der Waals surface area contributed by atoms with Gasteiger partial charge >= 0.3 is 0 Å². The predicted octanol–water partition coefficient (Wildman–Crippen LogP) is 4.53. The van der Waals surface area contributed by atoms with Crippen LogP contribution in [0, 0.1) is 0 Å². The molecule has 0 saturated carbocycles. The summed E-state index contributed by atoms with van der Waals surface area (Å²) in [5, 5.41) is 1.07. The molecule has 96 valence electrons. The highest BCUT2D eigenvalue weighted by molar-refractivity contribution is 6.42. The van der Waals surface area contributed by atoms with Crippen molar-refractivity contribution in [3.8, 4) is 11.3 Å². The first-order valence-electron chi connectivity index (χ1n) is 5.90. The van der Waals surface area contributed by atoms with Crippen molar-refractivity contribution in [1.29, 1.82) is 0 Å². The van der Waals surface area contributed by atoms with E-state index in [1.54, 1.807) is 12.1 Å². The number of halogens is 2. The summed E-state index contributed by atoms with van der Waals surface area (Å²) in [4.78, 5) is 0. The molecule has 1 aromatic carbocycles. The number of hydrogen-bond donors (Lipinski definition) is 1. The molecule has 1 unspecified atom stereocenters. The Morgan fingerprint density at radius 2 is 1.94 bits per heavy atom. The second kappa shape index (κ2) is 5.79. The van der Waals surface area contributed by atoms with Gasteiger partial charge in [-0.25, -0.2) is 0 Å². The van der Waals surface area contributed by atoms with Gasteiger partial charge in [-0.15, -0.1) is 0 Å². The Bertz CT molecular complexity index is 536. The van der Waals surface area contributed by atoms with Crippen molar-refractivity contribution >= 4 is 23.2 Å². The SMILES string of the molecule is CCC(N)Cc1ccc(-c2ccc(Cl)c(Cl)c2)o1. The van der Waals surface area contributed by atoms with Crippen LogP contribution in [0.3, 0.4) is 0 Å². The molecule has 0 radical (unpaired) electrons. The van der Waals surface area contributed by atoms with Gasteiger partial charge in [0.05, 0.1) is 10.0 Å². The molecule has 0 fully saturated rings. The topological polar surface area (TPSA) is 39.2 Å². The highest BCUT2D eigenvalue weighted by Gasteiger charge is 2.09. The van der Waals surface area contributed by atoms with E-state index in [4.69, 9.17) is 33.4 Å². The van der Waals surface area contributed by atoms with Crippen molar-refractivity contribution in [3.05, 3.63) is 46.1 Å². The zero-order valence-corrected chi connectivity index (χ0v) is 11.6. The average molecular weight is 284 g/mol. The van der Waals surface area contributed by atoms with Gasteiger partial charge in [0.25, 0.3) is 0 Å². The van der Waals surface area contributed by atoms with E-state index in [0.717, 1.165) is 29.9 Å². The van der Waals surface area contributed by atoms with Gasteiger partial charge in [-0.05, 0) is 36.8 Å². The van der Waals surface area contributed by atoms with Crippen LogP contribution >= 0.6 is 23.2 Å². The van der Waals surface area contributed by atoms with Gasteiger partial charge in [0.15, 0.2) is 0 Å². The lowest BCUT2D eigenvalue weighted by atomic mass is 10.1. The van der Waals surface area contributed by atoms with Gasteiger partial charge in [-0.3, -0.25) is 0 Å². The van der Waals surface area contributed by atoms with Crippen LogP contribution in [0.15, 0.2) is 34.7 Å². The van der Waals surface area contributed by atoms with Crippen molar-refractivity contribution in [2.24, 2.45) is 5.73 Å². The Labute approximate surface area is 117 Å². The van der Waals surface area contributed by atoms with Gasteiger partial charge in [-0.1, -0.05) is 30.1 Å². The molecule has 0 amide bonds. The summed E-state index contributed by atoms with van der Waals surface area (Å²) in [7, 11) is 0. The molecule has 0 aliphatic heterocycles. The normalized spacial score (nSPS) is 12.7. The predicted molar refractivity (Wildman–Crippen MR) is 76.1 cm³/mol. The lowest BCUT2D eigenvalue weighted by Gasteiger charge is -2.05. The maximum absolute atomic E-state index is 5.98. The Kier molecular flexibility index (Phi) is 4.33. The van der Waals surface area contributed by atoms with E-state index in [1.807, 2.05) is 18.2 Å². The molecule has 2 nitrogen and oxygen atoms in total. The Morgan fingerprint density at radius 1 is 1.17 bits per heavy atom. The van der Waals surface area contributed by atoms with Crippen LogP contribution in [0.5, 0.6) is 0 Å². The summed E-state index contributed by atoms with van der Waals surface area (Å²) >= 11 is 11.9. The summed E-state index contributed by atoms with van der Waals surface area (Å²) < 4.78 is 5.76. The van der Waals surface area contributed by atoms with Crippen molar-refractivity contribution in [1.82, 2.24) is 0 Å². The Balaban J connectivity index is 2.21. The van der Waals surface area contributed by atoms with E-state index in [1.165, 1.54) is 0 Å². The fourth-order valence-electron chi connectivity index (χ4n) is 1.69. The van der Waals surface area contributed by atoms with Crippen LogP contribution in [0.4, 0.5) is 0 Å². The molecule has 0 spiro atoms. The summed E-state index contributed by atoms with van der Waals surface area (Å²) in [5.74, 6) is 1.68. The number of nitrogens with two attached hydrogens (primary N) is 1. The maximum Gasteiger partial charge on any atom is 0.134 e. The van der Waals surface area contributed by atoms with Gasteiger partial charge in [0, 0.05) is 18.0 Å². The number of benzene rings is 1. The van der Waals surface area contributed by atoms with Crippen molar-refractivity contribution < 1.29 is 4.42 Å². The molecule has 2 rings (SSSR count). The van der Waals surface area contributed by atoms with Gasteiger partial charge in [-0.2, -0.15) is 0 Å². The van der Waals surface area contributed by atoms with E-state index in [-0.39, 0.29) is 6.04 Å². The zero-order valence-electron chi connectivity index (χ0n) is 10.1. The molecule has 0 aliphatic carbocycles. The lowest BCUT2D eigenvalue weighted by molar-refractivity contribution is 0.490. The molecule has 18 heavy (non-hydrogen) atoms. The third-order valence-electron chi connectivity index (χ3n) is 2.85. The van der Waals surface area contributed by atoms with Crippen LogP contribution < -0.4 is 5.73 Å². The van der Waals surface area contributed by atoms with E-state index < -0.39 is 0 Å². The van der Waals surface area contributed by atoms with E-state index in [9.17, 15) is 0 Å². The Morgan fingerprint density at radius 3 is 2.61 bits per heavy atom. The molecular weight excluding hydrogens is 269 g/mol. The summed E-state index contributed by atoms with van der Waals surface area (Å²) in [6.45, 7) is 2.06. The fraction of sp³-hybridized carbons (Fsp3) is 0.286. The minimum absolute atomic E-state index is 0.137. The molecular formula is C14H15Cl2NO.